The normalized spacial score (nSPS) is 10.2. The Bertz CT molecular complexity index is 666. The van der Waals surface area contributed by atoms with Gasteiger partial charge in [-0.2, -0.15) is 0 Å². The quantitative estimate of drug-likeness (QED) is 0.311. The summed E-state index contributed by atoms with van der Waals surface area (Å²) in [7, 11) is 0. The number of nitro benzene ring substituents is 1. The van der Waals surface area contributed by atoms with Gasteiger partial charge >= 0.3 is 0 Å². The van der Waals surface area contributed by atoms with Crippen LogP contribution in [0.4, 0.5) is 22.7 Å². The van der Waals surface area contributed by atoms with Crippen molar-refractivity contribution in [2.24, 2.45) is 5.84 Å². The molecule has 0 radical (unpaired) electrons. The molecular formula is C12H10ClIN4O2. The maximum atomic E-state index is 10.9. The monoisotopic (exact) mass is 404 g/mol. The smallest absolute Gasteiger partial charge is 0.273 e. The zero-order valence-electron chi connectivity index (χ0n) is 10.1. The SMILES string of the molecule is NNc1cc(Nc2ccc(Cl)cc2I)cc([N+](=O)[O-])c1. The van der Waals surface area contributed by atoms with Crippen molar-refractivity contribution in [1.29, 1.82) is 0 Å². The van der Waals surface area contributed by atoms with Crippen molar-refractivity contribution in [2.45, 2.75) is 0 Å². The van der Waals surface area contributed by atoms with Crippen LogP contribution in [0.5, 0.6) is 0 Å². The predicted octanol–water partition coefficient (Wildman–Crippen LogP) is 3.88. The Kier molecular flexibility index (Phi) is 4.63. The van der Waals surface area contributed by atoms with Gasteiger partial charge in [0.1, 0.15) is 0 Å². The lowest BCUT2D eigenvalue weighted by Crippen LogP contribution is -2.07. The van der Waals surface area contributed by atoms with E-state index in [4.69, 9.17) is 17.4 Å². The Labute approximate surface area is 133 Å². The fourth-order valence-corrected chi connectivity index (χ4v) is 2.62. The molecule has 0 aliphatic carbocycles. The zero-order valence-corrected chi connectivity index (χ0v) is 13.0. The number of non-ortho nitro benzene ring substituents is 1. The molecule has 0 atom stereocenters. The number of nitrogens with two attached hydrogens (primary N) is 1. The fourth-order valence-electron chi connectivity index (χ4n) is 1.62. The molecule has 0 heterocycles. The molecule has 0 fully saturated rings. The molecule has 0 amide bonds. The van der Waals surface area contributed by atoms with E-state index < -0.39 is 4.92 Å². The van der Waals surface area contributed by atoms with Crippen molar-refractivity contribution in [1.82, 2.24) is 0 Å². The molecule has 2 rings (SSSR count). The van der Waals surface area contributed by atoms with Crippen LogP contribution >= 0.6 is 34.2 Å². The molecule has 0 aromatic heterocycles. The van der Waals surface area contributed by atoms with Crippen molar-refractivity contribution in [2.75, 3.05) is 10.7 Å². The molecule has 0 saturated carbocycles. The lowest BCUT2D eigenvalue weighted by atomic mass is 10.2. The van der Waals surface area contributed by atoms with E-state index >= 15 is 0 Å². The van der Waals surface area contributed by atoms with Crippen LogP contribution in [-0.4, -0.2) is 4.92 Å². The van der Waals surface area contributed by atoms with Crippen LogP contribution in [0.25, 0.3) is 0 Å². The highest BCUT2D eigenvalue weighted by Gasteiger charge is 2.10. The largest absolute Gasteiger partial charge is 0.354 e. The van der Waals surface area contributed by atoms with Gasteiger partial charge in [0.15, 0.2) is 0 Å². The number of nitrogens with zero attached hydrogens (tertiary/aromatic N) is 1. The number of hydrogen-bond donors (Lipinski definition) is 3. The summed E-state index contributed by atoms with van der Waals surface area (Å²) in [4.78, 5) is 10.4. The van der Waals surface area contributed by atoms with E-state index in [0.29, 0.717) is 16.4 Å². The summed E-state index contributed by atoms with van der Waals surface area (Å²) in [5.41, 5.74) is 4.17. The zero-order chi connectivity index (χ0) is 14.7. The molecule has 104 valence electrons. The third-order valence-electron chi connectivity index (χ3n) is 2.51. The highest BCUT2D eigenvalue weighted by atomic mass is 127. The third kappa shape index (κ3) is 3.50. The molecule has 0 bridgehead atoms. The fraction of sp³-hybridized carbons (Fsp3) is 0. The molecule has 0 aliphatic heterocycles. The van der Waals surface area contributed by atoms with Crippen molar-refractivity contribution in [3.63, 3.8) is 0 Å². The number of nitrogens with one attached hydrogen (secondary N) is 2. The summed E-state index contributed by atoms with van der Waals surface area (Å²) in [6.45, 7) is 0. The van der Waals surface area contributed by atoms with Crippen LogP contribution < -0.4 is 16.6 Å². The van der Waals surface area contributed by atoms with Gasteiger partial charge in [-0.25, -0.2) is 0 Å². The lowest BCUT2D eigenvalue weighted by Gasteiger charge is -2.10. The van der Waals surface area contributed by atoms with Crippen LogP contribution in [0.3, 0.4) is 0 Å². The van der Waals surface area contributed by atoms with Gasteiger partial charge in [-0.3, -0.25) is 16.0 Å². The van der Waals surface area contributed by atoms with Crippen LogP contribution in [0, 0.1) is 13.7 Å². The molecule has 2 aromatic rings. The van der Waals surface area contributed by atoms with Gasteiger partial charge in [0.25, 0.3) is 5.69 Å². The Morgan fingerprint density at radius 1 is 1.20 bits per heavy atom. The van der Waals surface area contributed by atoms with Crippen LogP contribution in [0.2, 0.25) is 5.02 Å². The second kappa shape index (κ2) is 6.25. The minimum atomic E-state index is -0.473. The van der Waals surface area contributed by atoms with E-state index in [2.05, 4.69) is 33.3 Å². The molecule has 0 saturated heterocycles. The summed E-state index contributed by atoms with van der Waals surface area (Å²) in [6.07, 6.45) is 0. The topological polar surface area (TPSA) is 93.2 Å². The molecule has 0 unspecified atom stereocenters. The number of hydrogen-bond acceptors (Lipinski definition) is 5. The summed E-state index contributed by atoms with van der Waals surface area (Å²) in [5, 5.41) is 14.6. The van der Waals surface area contributed by atoms with Crippen LogP contribution in [-0.2, 0) is 0 Å². The maximum absolute atomic E-state index is 10.9. The van der Waals surface area contributed by atoms with Gasteiger partial charge in [-0.05, 0) is 46.9 Å². The second-order valence-corrected chi connectivity index (χ2v) is 5.52. The number of anilines is 3. The molecule has 6 nitrogen and oxygen atoms in total. The van der Waals surface area contributed by atoms with Gasteiger partial charge in [-0.1, -0.05) is 11.6 Å². The van der Waals surface area contributed by atoms with Gasteiger partial charge in [0, 0.05) is 26.4 Å². The van der Waals surface area contributed by atoms with Crippen LogP contribution in [0.1, 0.15) is 0 Å². The molecular weight excluding hydrogens is 395 g/mol. The summed E-state index contributed by atoms with van der Waals surface area (Å²) >= 11 is 8.02. The molecule has 8 heteroatoms. The molecule has 20 heavy (non-hydrogen) atoms. The Balaban J connectivity index is 2.37. The minimum absolute atomic E-state index is 0.0491. The van der Waals surface area contributed by atoms with Crippen molar-refractivity contribution in [3.05, 3.63) is 55.1 Å². The lowest BCUT2D eigenvalue weighted by molar-refractivity contribution is -0.384. The van der Waals surface area contributed by atoms with Gasteiger partial charge in [0.05, 0.1) is 16.3 Å². The number of nitrogen functional groups attached to an aromatic ring is 1. The number of rotatable bonds is 4. The first kappa shape index (κ1) is 14.8. The average Bonchev–Trinajstić information content (AvgIpc) is 2.41. The first-order chi connectivity index (χ1) is 9.49. The minimum Gasteiger partial charge on any atom is -0.354 e. The van der Waals surface area contributed by atoms with Crippen molar-refractivity contribution >= 4 is 56.9 Å². The van der Waals surface area contributed by atoms with E-state index in [1.165, 1.54) is 12.1 Å². The Hall–Kier alpha value is -1.58. The third-order valence-corrected chi connectivity index (χ3v) is 3.63. The van der Waals surface area contributed by atoms with Crippen LogP contribution in [0.15, 0.2) is 36.4 Å². The van der Waals surface area contributed by atoms with E-state index in [9.17, 15) is 10.1 Å². The molecule has 4 N–H and O–H groups in total. The first-order valence-corrected chi connectivity index (χ1v) is 6.93. The van der Waals surface area contributed by atoms with E-state index in [0.717, 1.165) is 9.26 Å². The number of nitro groups is 1. The summed E-state index contributed by atoms with van der Waals surface area (Å²) < 4.78 is 0.906. The Morgan fingerprint density at radius 2 is 1.90 bits per heavy atom. The second-order valence-electron chi connectivity index (χ2n) is 3.92. The van der Waals surface area contributed by atoms with Gasteiger partial charge in [-0.15, -0.1) is 0 Å². The maximum Gasteiger partial charge on any atom is 0.273 e. The van der Waals surface area contributed by atoms with Gasteiger partial charge in [0.2, 0.25) is 0 Å². The average molecular weight is 405 g/mol. The molecule has 2 aromatic carbocycles. The highest BCUT2D eigenvalue weighted by molar-refractivity contribution is 14.1. The van der Waals surface area contributed by atoms with Crippen molar-refractivity contribution < 1.29 is 4.92 Å². The highest BCUT2D eigenvalue weighted by Crippen LogP contribution is 2.29. The first-order valence-electron chi connectivity index (χ1n) is 5.48. The standard InChI is InChI=1S/C12H10ClIN4O2/c13-7-1-2-12(11(14)3-7)16-8-4-9(17-15)6-10(5-8)18(19)20/h1-6,16-17H,15H2. The number of halogens is 2. The van der Waals surface area contributed by atoms with E-state index in [1.807, 2.05) is 0 Å². The number of benzene rings is 2. The van der Waals surface area contributed by atoms with Crippen molar-refractivity contribution in [3.8, 4) is 0 Å². The van der Waals surface area contributed by atoms with E-state index in [1.54, 1.807) is 24.3 Å². The molecule has 0 aliphatic rings. The van der Waals surface area contributed by atoms with Gasteiger partial charge < -0.3 is 10.7 Å². The Morgan fingerprint density at radius 3 is 2.50 bits per heavy atom. The molecule has 0 spiro atoms. The summed E-state index contributed by atoms with van der Waals surface area (Å²) in [6, 6.07) is 9.81. The number of hydrazine groups is 1. The predicted molar refractivity (Wildman–Crippen MR) is 88.4 cm³/mol. The van der Waals surface area contributed by atoms with E-state index in [-0.39, 0.29) is 5.69 Å². The summed E-state index contributed by atoms with van der Waals surface area (Å²) in [5.74, 6) is 5.31.